The van der Waals surface area contributed by atoms with Gasteiger partial charge in [0.15, 0.2) is 44.0 Å². The zero-order valence-electron chi connectivity index (χ0n) is 33.6. The molecule has 64 heavy (non-hydrogen) atoms. The lowest BCUT2D eigenvalue weighted by Crippen LogP contribution is -2.48. The van der Waals surface area contributed by atoms with Gasteiger partial charge in [0.05, 0.1) is 46.2 Å². The summed E-state index contributed by atoms with van der Waals surface area (Å²) in [6.07, 6.45) is -44.8. The Kier molecular flexibility index (Phi) is 17.1. The molecule has 0 spiro atoms. The van der Waals surface area contributed by atoms with Gasteiger partial charge in [-0.15, -0.1) is 0 Å². The summed E-state index contributed by atoms with van der Waals surface area (Å²) in [5.41, 5.74) is 0. The molecule has 7 fully saturated rings. The van der Waals surface area contributed by atoms with Crippen LogP contribution in [-0.4, -0.2) is 300 Å². The van der Waals surface area contributed by atoms with E-state index in [1.54, 1.807) is 0 Å². The van der Waals surface area contributed by atoms with Gasteiger partial charge in [0, 0.05) is 0 Å². The molecule has 7 aliphatic rings. The lowest BCUT2D eigenvalue weighted by molar-refractivity contribution is -0.270. The van der Waals surface area contributed by atoms with Gasteiger partial charge in [-0.1, -0.05) is 0 Å². The minimum absolute atomic E-state index is 0.575. The number of hydrogen-bond donors (Lipinski definition) is 16. The fourth-order valence-corrected chi connectivity index (χ4v) is 8.25. The van der Waals surface area contributed by atoms with Crippen molar-refractivity contribution in [3.63, 3.8) is 0 Å². The molecule has 7 rings (SSSR count). The van der Waals surface area contributed by atoms with Gasteiger partial charge in [-0.2, -0.15) is 0 Å². The Morgan fingerprint density at radius 2 is 0.578 bits per heavy atom. The molecule has 0 unspecified atom stereocenters. The van der Waals surface area contributed by atoms with E-state index in [0.717, 1.165) is 0 Å². The van der Waals surface area contributed by atoms with Crippen LogP contribution >= 0.6 is 0 Å². The van der Waals surface area contributed by atoms with Crippen molar-refractivity contribution in [3.8, 4) is 0 Å². The third-order valence-corrected chi connectivity index (χ3v) is 12.0. The number of aliphatic hydroxyl groups is 16. The molecule has 372 valence electrons. The standard InChI is InChI=1S/C35H58O29/c36-1-8-15(40)21(46)30(56-8)53-7-14-27(63-33-23(48)17(42)10(3-38)58-33)28(64-34-24(49)18(43)11(4-39)59-34)35(61-14)54-6-13-26(62-32-22(47)16(41)9(2-37)57-32)25(50)31(60-13)52-5-12-19(44)20(45)29(51)55-12/h8-51H,1-7H2/t8-,9-,10-,11-,12-,13-,14-,15-,16-,17-,18-,19-,20+,21+,22+,23+,24+,25+,26-,27-,28+,29-,30+,31+,32-,33-,34-,35+/m1/s1. The van der Waals surface area contributed by atoms with Crippen LogP contribution in [0.2, 0.25) is 0 Å². The second-order valence-electron chi connectivity index (χ2n) is 16.3. The lowest BCUT2D eigenvalue weighted by Gasteiger charge is -2.31. The summed E-state index contributed by atoms with van der Waals surface area (Å²) < 4.78 is 74.5. The van der Waals surface area contributed by atoms with Gasteiger partial charge in [0.2, 0.25) is 0 Å². The fraction of sp³-hybridized carbons (Fsp3) is 1.00. The van der Waals surface area contributed by atoms with Crippen LogP contribution < -0.4 is 0 Å². The first kappa shape index (κ1) is 50.7. The molecule has 0 saturated carbocycles. The van der Waals surface area contributed by atoms with Gasteiger partial charge >= 0.3 is 0 Å². The summed E-state index contributed by atoms with van der Waals surface area (Å²) in [4.78, 5) is 0. The van der Waals surface area contributed by atoms with Crippen LogP contribution in [0, 0.1) is 0 Å². The number of hydrogen-bond acceptors (Lipinski definition) is 29. The van der Waals surface area contributed by atoms with Gasteiger partial charge in [-0.3, -0.25) is 0 Å². The normalized spacial score (nSPS) is 53.1. The van der Waals surface area contributed by atoms with Crippen molar-refractivity contribution < 1.29 is 143 Å². The average molecular weight is 943 g/mol. The summed E-state index contributed by atoms with van der Waals surface area (Å²) in [6, 6.07) is 0. The van der Waals surface area contributed by atoms with Crippen LogP contribution in [0.1, 0.15) is 0 Å². The van der Waals surface area contributed by atoms with Gasteiger partial charge in [-0.05, 0) is 0 Å². The van der Waals surface area contributed by atoms with E-state index >= 15 is 0 Å². The Morgan fingerprint density at radius 1 is 0.266 bits per heavy atom. The summed E-state index contributed by atoms with van der Waals surface area (Å²) in [6.45, 7) is -4.86. The zero-order valence-corrected chi connectivity index (χ0v) is 33.6. The monoisotopic (exact) mass is 942 g/mol. The molecule has 0 aromatic carbocycles. The van der Waals surface area contributed by atoms with E-state index < -0.39 is 218 Å². The SMILES string of the molecule is OC[C@H]1O[C@H](OC[C@H]2O[C@H](OC[C@H]3O[C@H](OC[C@H]4O[C@@H](O)[C@@H](O)[C@@H]4O)[C@@H](O)[C@@H]3O[C@H]3O[C@H](CO)[C@@H](O)[C@@H]3O)[C@@H](O[C@H]3O[C@H](CO)[C@@H](O)[C@@H]3O)[C@@H]2O[C@H]2O[C@H](CO)[C@@H](O)[C@@H]2O)[C@@H](O)[C@@H]1O. The van der Waals surface area contributed by atoms with Crippen molar-refractivity contribution in [2.24, 2.45) is 0 Å². The van der Waals surface area contributed by atoms with Gasteiger partial charge in [0.1, 0.15) is 128 Å². The molecule has 0 radical (unpaired) electrons. The maximum atomic E-state index is 11.4. The highest BCUT2D eigenvalue weighted by Crippen LogP contribution is 2.38. The third-order valence-electron chi connectivity index (χ3n) is 12.0. The maximum absolute atomic E-state index is 11.4. The summed E-state index contributed by atoms with van der Waals surface area (Å²) in [7, 11) is 0. The van der Waals surface area contributed by atoms with E-state index in [0.29, 0.717) is 0 Å². The van der Waals surface area contributed by atoms with Crippen LogP contribution in [0.25, 0.3) is 0 Å². The van der Waals surface area contributed by atoms with Crippen LogP contribution in [0.3, 0.4) is 0 Å². The van der Waals surface area contributed by atoms with Gasteiger partial charge in [0.25, 0.3) is 0 Å². The quantitative estimate of drug-likeness (QED) is 0.0572. The predicted octanol–water partition coefficient (Wildman–Crippen LogP) is -11.8. The van der Waals surface area contributed by atoms with E-state index in [2.05, 4.69) is 0 Å². The Hall–Kier alpha value is -1.16. The van der Waals surface area contributed by atoms with Crippen molar-refractivity contribution in [2.45, 2.75) is 172 Å². The molecular formula is C35H58O29. The first-order chi connectivity index (χ1) is 30.5. The van der Waals surface area contributed by atoms with E-state index in [1.165, 1.54) is 0 Å². The van der Waals surface area contributed by atoms with E-state index in [1.807, 2.05) is 0 Å². The van der Waals surface area contributed by atoms with Crippen LogP contribution in [0.4, 0.5) is 0 Å². The van der Waals surface area contributed by atoms with Crippen LogP contribution in [0.15, 0.2) is 0 Å². The smallest absolute Gasteiger partial charge is 0.187 e. The number of ether oxygens (including phenoxy) is 13. The molecule has 7 aliphatic heterocycles. The van der Waals surface area contributed by atoms with E-state index in [9.17, 15) is 81.7 Å². The topological polar surface area (TPSA) is 444 Å². The van der Waals surface area contributed by atoms with Crippen molar-refractivity contribution in [3.05, 3.63) is 0 Å². The molecule has 0 aromatic heterocycles. The highest BCUT2D eigenvalue weighted by atomic mass is 16.8. The maximum Gasteiger partial charge on any atom is 0.187 e. The Balaban J connectivity index is 1.14. The first-order valence-electron chi connectivity index (χ1n) is 20.5. The average Bonchev–Trinajstić information content (AvgIpc) is 4.11. The summed E-state index contributed by atoms with van der Waals surface area (Å²) >= 11 is 0. The van der Waals surface area contributed by atoms with Gasteiger partial charge < -0.3 is 143 Å². The minimum atomic E-state index is -1.81. The van der Waals surface area contributed by atoms with Crippen LogP contribution in [-0.2, 0) is 61.6 Å². The van der Waals surface area contributed by atoms with E-state index in [4.69, 9.17) is 61.6 Å². The van der Waals surface area contributed by atoms with Crippen molar-refractivity contribution >= 4 is 0 Å². The molecule has 0 aromatic rings. The Labute approximate surface area is 361 Å². The molecule has 29 heteroatoms. The molecule has 0 aliphatic carbocycles. The largest absolute Gasteiger partial charge is 0.394 e. The Bertz CT molecular complexity index is 1460. The third kappa shape index (κ3) is 10.2. The molecule has 28 atom stereocenters. The van der Waals surface area contributed by atoms with Crippen LogP contribution in [0.5, 0.6) is 0 Å². The lowest BCUT2D eigenvalue weighted by atomic mass is 10.1. The Morgan fingerprint density at radius 3 is 1.00 bits per heavy atom. The second-order valence-corrected chi connectivity index (χ2v) is 16.3. The van der Waals surface area contributed by atoms with Crippen molar-refractivity contribution in [1.29, 1.82) is 0 Å². The molecule has 7 saturated heterocycles. The highest BCUT2D eigenvalue weighted by molar-refractivity contribution is 4.98. The number of aliphatic hydroxyl groups excluding tert-OH is 16. The van der Waals surface area contributed by atoms with Gasteiger partial charge in [-0.25, -0.2) is 0 Å². The predicted molar refractivity (Wildman–Crippen MR) is 190 cm³/mol. The zero-order chi connectivity index (χ0) is 46.3. The summed E-state index contributed by atoms with van der Waals surface area (Å²) in [5, 5.41) is 165. The number of rotatable bonds is 19. The fourth-order valence-electron chi connectivity index (χ4n) is 8.25. The highest BCUT2D eigenvalue weighted by Gasteiger charge is 2.57. The molecule has 29 nitrogen and oxygen atoms in total. The molecule has 0 amide bonds. The van der Waals surface area contributed by atoms with Crippen molar-refractivity contribution in [2.75, 3.05) is 46.2 Å². The first-order valence-corrected chi connectivity index (χ1v) is 20.5. The molecular weight excluding hydrogens is 884 g/mol. The molecule has 0 bridgehead atoms. The van der Waals surface area contributed by atoms with Crippen molar-refractivity contribution in [1.82, 2.24) is 0 Å². The summed E-state index contributed by atoms with van der Waals surface area (Å²) in [5.74, 6) is 0. The minimum Gasteiger partial charge on any atom is -0.394 e. The molecule has 7 heterocycles. The second kappa shape index (κ2) is 21.6. The molecule has 16 N–H and O–H groups in total. The van der Waals surface area contributed by atoms with E-state index in [-0.39, 0.29) is 0 Å².